The van der Waals surface area contributed by atoms with Gasteiger partial charge >= 0.3 is 5.91 Å². The molecule has 5 aromatic rings. The number of Topliss-reactive ketones (excluding diaryl/α,β-unsaturated/α-hetero) is 1. The van der Waals surface area contributed by atoms with Crippen molar-refractivity contribution in [1.82, 2.24) is 14.4 Å². The Labute approximate surface area is 228 Å². The molecule has 39 heavy (non-hydrogen) atoms. The molecule has 0 radical (unpaired) electrons. The fourth-order valence-electron chi connectivity index (χ4n) is 4.96. The third-order valence-corrected chi connectivity index (χ3v) is 7.80. The molecule has 2 aromatic carbocycles. The van der Waals surface area contributed by atoms with Crippen LogP contribution in [0.1, 0.15) is 41.9 Å². The Hall–Kier alpha value is -4.50. The second kappa shape index (κ2) is 9.67. The van der Waals surface area contributed by atoms with Crippen LogP contribution in [0.2, 0.25) is 0 Å². The van der Waals surface area contributed by atoms with Crippen molar-refractivity contribution in [2.75, 3.05) is 11.5 Å². The molecule has 0 saturated carbocycles. The van der Waals surface area contributed by atoms with Crippen molar-refractivity contribution >= 4 is 49.8 Å². The van der Waals surface area contributed by atoms with Crippen LogP contribution in [0.4, 0.5) is 5.13 Å². The van der Waals surface area contributed by atoms with Crippen molar-refractivity contribution in [2.45, 2.75) is 33.2 Å². The molecule has 1 amide bonds. The number of thiazole rings is 1. The van der Waals surface area contributed by atoms with E-state index in [0.717, 1.165) is 22.2 Å². The molecule has 196 valence electrons. The van der Waals surface area contributed by atoms with Crippen LogP contribution in [-0.4, -0.2) is 37.8 Å². The van der Waals surface area contributed by atoms with Gasteiger partial charge in [0.15, 0.2) is 10.9 Å². The summed E-state index contributed by atoms with van der Waals surface area (Å²) in [7, 11) is 0. The summed E-state index contributed by atoms with van der Waals surface area (Å²) in [4.78, 5) is 37.9. The molecular weight excluding hydrogens is 512 g/mol. The molecule has 3 aromatic heterocycles. The maximum absolute atomic E-state index is 13.6. The van der Waals surface area contributed by atoms with Crippen LogP contribution in [-0.2, 0) is 9.59 Å². The molecule has 0 aliphatic carbocycles. The van der Waals surface area contributed by atoms with E-state index in [1.165, 1.54) is 16.2 Å². The van der Waals surface area contributed by atoms with E-state index in [0.29, 0.717) is 40.1 Å². The Morgan fingerprint density at radius 2 is 1.85 bits per heavy atom. The lowest BCUT2D eigenvalue weighted by Gasteiger charge is -2.23. The Bertz CT molecular complexity index is 1780. The quantitative estimate of drug-likeness (QED) is 0.162. The molecular formula is C30H26N4O4S. The van der Waals surface area contributed by atoms with Gasteiger partial charge < -0.3 is 9.84 Å². The van der Waals surface area contributed by atoms with Crippen LogP contribution >= 0.6 is 11.3 Å². The number of nitrogens with zero attached hydrogens (tertiary/aromatic N) is 4. The molecule has 1 saturated heterocycles. The van der Waals surface area contributed by atoms with Crippen molar-refractivity contribution < 1.29 is 19.4 Å². The first-order valence-corrected chi connectivity index (χ1v) is 13.5. The third kappa shape index (κ3) is 4.15. The number of fused-ring (bicyclic) bond motifs is 2. The number of carbonyl (C=O) groups is 2. The minimum absolute atomic E-state index is 0.00795. The predicted octanol–water partition coefficient (Wildman–Crippen LogP) is 5.98. The second-order valence-electron chi connectivity index (χ2n) is 9.53. The molecule has 1 unspecified atom stereocenters. The second-order valence-corrected chi connectivity index (χ2v) is 10.5. The molecule has 8 nitrogen and oxygen atoms in total. The van der Waals surface area contributed by atoms with Crippen molar-refractivity contribution in [2.24, 2.45) is 0 Å². The molecule has 6 rings (SSSR count). The van der Waals surface area contributed by atoms with Gasteiger partial charge in [-0.1, -0.05) is 42.5 Å². The highest BCUT2D eigenvalue weighted by molar-refractivity contribution is 7.22. The van der Waals surface area contributed by atoms with E-state index < -0.39 is 17.7 Å². The lowest BCUT2D eigenvalue weighted by molar-refractivity contribution is -0.132. The van der Waals surface area contributed by atoms with Gasteiger partial charge in [0.05, 0.1) is 34.1 Å². The first kappa shape index (κ1) is 24.8. The van der Waals surface area contributed by atoms with E-state index in [9.17, 15) is 14.7 Å². The number of aryl methyl sites for hydroxylation is 2. The summed E-state index contributed by atoms with van der Waals surface area (Å²) >= 11 is 1.34. The van der Waals surface area contributed by atoms with E-state index in [-0.39, 0.29) is 11.3 Å². The summed E-state index contributed by atoms with van der Waals surface area (Å²) in [6.45, 7) is 6.37. The first-order chi connectivity index (χ1) is 18.9. The number of aromatic nitrogens is 3. The van der Waals surface area contributed by atoms with Crippen molar-refractivity contribution in [3.05, 3.63) is 94.9 Å². The molecule has 9 heteroatoms. The number of imidazole rings is 1. The van der Waals surface area contributed by atoms with E-state index in [1.54, 1.807) is 17.5 Å². The number of rotatable bonds is 6. The van der Waals surface area contributed by atoms with Gasteiger partial charge in [0, 0.05) is 6.20 Å². The summed E-state index contributed by atoms with van der Waals surface area (Å²) in [5.74, 6) is -1.11. The first-order valence-electron chi connectivity index (χ1n) is 12.7. The topological polar surface area (TPSA) is 97.0 Å². The number of benzene rings is 2. The summed E-state index contributed by atoms with van der Waals surface area (Å²) < 4.78 is 8.37. The summed E-state index contributed by atoms with van der Waals surface area (Å²) in [6, 6.07) is 17.7. The standard InChI is InChI=1S/C30H26N4O4S/c1-4-15-38-20-11-9-19(10-12-20)26-24(27(35)25-18(3)31-23-7-5-6-14-33(23)25)28(36)29(37)34(26)30-32-21-13-8-17(2)16-22(21)39-30/h5-14,16,26,35H,4,15H2,1-3H3/b27-24+. The van der Waals surface area contributed by atoms with E-state index in [4.69, 9.17) is 9.72 Å². The van der Waals surface area contributed by atoms with Crippen molar-refractivity contribution in [1.29, 1.82) is 0 Å². The van der Waals surface area contributed by atoms with Crippen LogP contribution in [0, 0.1) is 13.8 Å². The van der Waals surface area contributed by atoms with E-state index in [1.807, 2.05) is 74.5 Å². The Kier molecular flexibility index (Phi) is 6.15. The molecule has 1 fully saturated rings. The number of carbonyl (C=O) groups excluding carboxylic acids is 2. The molecule has 4 heterocycles. The van der Waals surface area contributed by atoms with Gasteiger partial charge in [0.1, 0.15) is 17.1 Å². The van der Waals surface area contributed by atoms with Gasteiger partial charge in [0.2, 0.25) is 0 Å². The summed E-state index contributed by atoms with van der Waals surface area (Å²) in [5.41, 5.74) is 4.00. The lowest BCUT2D eigenvalue weighted by Crippen LogP contribution is -2.29. The molecule has 0 spiro atoms. The number of aliphatic hydroxyl groups excluding tert-OH is 1. The highest BCUT2D eigenvalue weighted by atomic mass is 32.1. The summed E-state index contributed by atoms with van der Waals surface area (Å²) in [5, 5.41) is 12.1. The largest absolute Gasteiger partial charge is 0.505 e. The third-order valence-electron chi connectivity index (χ3n) is 6.78. The average Bonchev–Trinajstić information content (AvgIpc) is 3.58. The Morgan fingerprint density at radius 3 is 2.62 bits per heavy atom. The van der Waals surface area contributed by atoms with Gasteiger partial charge in [-0.25, -0.2) is 9.97 Å². The number of ether oxygens (including phenoxy) is 1. The monoisotopic (exact) mass is 538 g/mol. The zero-order valence-electron chi connectivity index (χ0n) is 21.7. The highest BCUT2D eigenvalue weighted by Gasteiger charge is 2.48. The maximum Gasteiger partial charge on any atom is 0.301 e. The smallest absolute Gasteiger partial charge is 0.301 e. The molecule has 0 bridgehead atoms. The van der Waals surface area contributed by atoms with Crippen LogP contribution in [0.25, 0.3) is 21.6 Å². The molecule has 1 aliphatic rings. The zero-order valence-corrected chi connectivity index (χ0v) is 22.5. The zero-order chi connectivity index (χ0) is 27.3. The van der Waals surface area contributed by atoms with Gasteiger partial charge in [-0.05, 0) is 67.8 Å². The lowest BCUT2D eigenvalue weighted by atomic mass is 9.96. The van der Waals surface area contributed by atoms with Crippen molar-refractivity contribution in [3.8, 4) is 5.75 Å². The van der Waals surface area contributed by atoms with Crippen LogP contribution in [0.15, 0.2) is 72.4 Å². The maximum atomic E-state index is 13.6. The van der Waals surface area contributed by atoms with Crippen LogP contribution < -0.4 is 9.64 Å². The van der Waals surface area contributed by atoms with Crippen molar-refractivity contribution in [3.63, 3.8) is 0 Å². The van der Waals surface area contributed by atoms with Gasteiger partial charge in [0.25, 0.3) is 5.78 Å². The molecule has 1 aliphatic heterocycles. The Morgan fingerprint density at radius 1 is 1.05 bits per heavy atom. The molecule has 1 atom stereocenters. The fraction of sp³-hybridized carbons (Fsp3) is 0.200. The highest BCUT2D eigenvalue weighted by Crippen LogP contribution is 2.45. The number of pyridine rings is 1. The number of aliphatic hydroxyl groups is 1. The van der Waals surface area contributed by atoms with Gasteiger partial charge in [-0.2, -0.15) is 0 Å². The number of hydrogen-bond donors (Lipinski definition) is 1. The molecule has 1 N–H and O–H groups in total. The van der Waals surface area contributed by atoms with Crippen LogP contribution in [0.5, 0.6) is 5.75 Å². The average molecular weight is 539 g/mol. The predicted molar refractivity (Wildman–Crippen MR) is 151 cm³/mol. The van der Waals surface area contributed by atoms with Gasteiger partial charge in [-0.15, -0.1) is 0 Å². The SMILES string of the molecule is CCCOc1ccc(C2/C(=C(\O)c3c(C)nc4ccccn34)C(=O)C(=O)N2c2nc3ccc(C)cc3s2)cc1. The number of amides is 1. The number of anilines is 1. The summed E-state index contributed by atoms with van der Waals surface area (Å²) in [6.07, 6.45) is 2.64. The van der Waals surface area contributed by atoms with Crippen LogP contribution in [0.3, 0.4) is 0 Å². The minimum atomic E-state index is -0.888. The number of ketones is 1. The van der Waals surface area contributed by atoms with E-state index >= 15 is 0 Å². The number of hydrogen-bond acceptors (Lipinski definition) is 7. The minimum Gasteiger partial charge on any atom is -0.505 e. The Balaban J connectivity index is 1.56. The van der Waals surface area contributed by atoms with E-state index in [2.05, 4.69) is 4.98 Å². The fourth-order valence-corrected chi connectivity index (χ4v) is 6.05. The van der Waals surface area contributed by atoms with Gasteiger partial charge in [-0.3, -0.25) is 18.9 Å². The normalized spacial score (nSPS) is 17.0.